The molecule has 1 N–H and O–H groups in total. The number of rotatable bonds is 8. The monoisotopic (exact) mass is 524 g/mol. The van der Waals surface area contributed by atoms with Crippen LogP contribution in [0.2, 0.25) is 0 Å². The third-order valence-electron chi connectivity index (χ3n) is 10.5. The van der Waals surface area contributed by atoms with Crippen molar-refractivity contribution in [3.05, 3.63) is 0 Å². The number of esters is 3. The van der Waals surface area contributed by atoms with E-state index in [-0.39, 0.29) is 36.9 Å². The van der Waals surface area contributed by atoms with Crippen LogP contribution in [0.4, 0.5) is 8.78 Å². The number of ether oxygens (including phenoxy) is 3. The summed E-state index contributed by atoms with van der Waals surface area (Å²) >= 11 is 0. The minimum Gasteiger partial charge on any atom is -0.462 e. The highest BCUT2D eigenvalue weighted by Gasteiger charge is 2.61. The molecule has 8 aliphatic carbocycles. The van der Waals surface area contributed by atoms with Gasteiger partial charge in [-0.1, -0.05) is 0 Å². The van der Waals surface area contributed by atoms with Crippen LogP contribution < -0.4 is 0 Å². The van der Waals surface area contributed by atoms with Crippen molar-refractivity contribution in [1.82, 2.24) is 0 Å². The first-order valence-electron chi connectivity index (χ1n) is 14.1. The average molecular weight is 525 g/mol. The molecule has 0 aromatic rings. The molecule has 8 fully saturated rings. The molecule has 8 aliphatic rings. The molecule has 0 saturated heterocycles. The first-order valence-corrected chi connectivity index (χ1v) is 14.1. The lowest BCUT2D eigenvalue weighted by molar-refractivity contribution is -0.208. The summed E-state index contributed by atoms with van der Waals surface area (Å²) in [6.07, 6.45) is 7.69. The third kappa shape index (κ3) is 4.57. The maximum absolute atomic E-state index is 13.4. The van der Waals surface area contributed by atoms with Crippen molar-refractivity contribution in [2.24, 2.45) is 46.3 Å². The van der Waals surface area contributed by atoms with E-state index in [4.69, 9.17) is 14.2 Å². The van der Waals surface area contributed by atoms with Gasteiger partial charge in [0.15, 0.2) is 0 Å². The lowest BCUT2D eigenvalue weighted by atomic mass is 9.48. The van der Waals surface area contributed by atoms with Crippen molar-refractivity contribution >= 4 is 17.9 Å². The maximum atomic E-state index is 13.4. The van der Waals surface area contributed by atoms with Crippen LogP contribution in [0.25, 0.3) is 0 Å². The van der Waals surface area contributed by atoms with Crippen molar-refractivity contribution in [1.29, 1.82) is 0 Å². The van der Waals surface area contributed by atoms with Gasteiger partial charge in [0.1, 0.15) is 25.4 Å². The first-order chi connectivity index (χ1) is 17.4. The fourth-order valence-corrected chi connectivity index (χ4v) is 9.71. The minimum atomic E-state index is -3.54. The second-order valence-corrected chi connectivity index (χ2v) is 13.6. The molecule has 0 heterocycles. The van der Waals surface area contributed by atoms with Gasteiger partial charge in [0.05, 0.1) is 10.8 Å². The van der Waals surface area contributed by atoms with Gasteiger partial charge in [0, 0.05) is 6.92 Å². The zero-order valence-corrected chi connectivity index (χ0v) is 21.5. The molecule has 8 saturated carbocycles. The van der Waals surface area contributed by atoms with E-state index in [2.05, 4.69) is 0 Å². The fourth-order valence-electron chi connectivity index (χ4n) is 9.71. The minimum absolute atomic E-state index is 0.142. The quantitative estimate of drug-likeness (QED) is 0.378. The van der Waals surface area contributed by atoms with Crippen LogP contribution in [0.5, 0.6) is 0 Å². The summed E-state index contributed by atoms with van der Waals surface area (Å²) < 4.78 is 43.1. The van der Waals surface area contributed by atoms with Crippen LogP contribution in [-0.4, -0.2) is 54.4 Å². The number of aliphatic hydroxyl groups excluding tert-OH is 1. The van der Waals surface area contributed by atoms with Crippen molar-refractivity contribution < 1.29 is 42.5 Å². The summed E-state index contributed by atoms with van der Waals surface area (Å²) in [5, 5.41) is 10.4. The second kappa shape index (κ2) is 8.88. The Labute approximate surface area is 216 Å². The third-order valence-corrected chi connectivity index (χ3v) is 10.5. The average Bonchev–Trinajstić information content (AvgIpc) is 2.81. The van der Waals surface area contributed by atoms with E-state index in [1.165, 1.54) is 19.3 Å². The highest BCUT2D eigenvalue weighted by molar-refractivity contribution is 5.79. The Morgan fingerprint density at radius 2 is 1.19 bits per heavy atom. The van der Waals surface area contributed by atoms with Gasteiger partial charge in [-0.3, -0.25) is 9.59 Å². The van der Waals surface area contributed by atoms with E-state index in [9.17, 15) is 28.3 Å². The Kier molecular flexibility index (Phi) is 6.12. The number of alkyl halides is 2. The van der Waals surface area contributed by atoms with Crippen molar-refractivity contribution in [2.45, 2.75) is 95.7 Å². The second-order valence-electron chi connectivity index (χ2n) is 13.6. The smallest absolute Gasteiger partial charge is 0.376 e. The fraction of sp³-hybridized carbons (Fsp3) is 0.893. The van der Waals surface area contributed by atoms with Crippen LogP contribution in [0.3, 0.4) is 0 Å². The predicted molar refractivity (Wildman–Crippen MR) is 125 cm³/mol. The van der Waals surface area contributed by atoms with Gasteiger partial charge in [0.2, 0.25) is 0 Å². The van der Waals surface area contributed by atoms with Gasteiger partial charge in [-0.2, -0.15) is 8.78 Å². The molecule has 0 aliphatic heterocycles. The Bertz CT molecular complexity index is 907. The number of hydrogen-bond donors (Lipinski definition) is 1. The maximum Gasteiger partial charge on any atom is 0.376 e. The van der Waals surface area contributed by atoms with Crippen LogP contribution in [-0.2, 0) is 28.6 Å². The zero-order chi connectivity index (χ0) is 26.2. The molecule has 37 heavy (non-hydrogen) atoms. The molecule has 9 heteroatoms. The largest absolute Gasteiger partial charge is 0.462 e. The normalized spacial score (nSPS) is 43.9. The number of carbonyl (C=O) groups excluding carboxylic acids is 3. The molecule has 7 nitrogen and oxygen atoms in total. The molecule has 206 valence electrons. The molecule has 0 radical (unpaired) electrons. The zero-order valence-electron chi connectivity index (χ0n) is 21.5. The Balaban J connectivity index is 1.00. The Morgan fingerprint density at radius 3 is 1.62 bits per heavy atom. The summed E-state index contributed by atoms with van der Waals surface area (Å²) in [4.78, 5) is 38.0. The van der Waals surface area contributed by atoms with Gasteiger partial charge in [-0.05, 0) is 106 Å². The van der Waals surface area contributed by atoms with Crippen molar-refractivity contribution in [3.63, 3.8) is 0 Å². The lowest BCUT2D eigenvalue weighted by Gasteiger charge is -2.57. The van der Waals surface area contributed by atoms with E-state index in [1.807, 2.05) is 0 Å². The van der Waals surface area contributed by atoms with Crippen LogP contribution >= 0.6 is 0 Å². The van der Waals surface area contributed by atoms with Crippen molar-refractivity contribution in [3.8, 4) is 0 Å². The molecule has 0 amide bonds. The molecule has 3 unspecified atom stereocenters. The van der Waals surface area contributed by atoms with Gasteiger partial charge in [-0.25, -0.2) is 4.79 Å². The summed E-state index contributed by atoms with van der Waals surface area (Å²) in [5.41, 5.74) is -1.13. The number of hydrogen-bond acceptors (Lipinski definition) is 7. The molecule has 0 aromatic heterocycles. The SMILES string of the molecule is CC(F)(F)C(=O)OC1C2CC3CC1CC(C(=O)OCC(O)COC(=O)C14CC5CC(CC(C5)C1)C4)(C3)C2. The summed E-state index contributed by atoms with van der Waals surface area (Å²) in [7, 11) is 0. The Morgan fingerprint density at radius 1 is 0.784 bits per heavy atom. The number of carbonyl (C=O) groups is 3. The van der Waals surface area contributed by atoms with Crippen LogP contribution in [0.15, 0.2) is 0 Å². The highest BCUT2D eigenvalue weighted by atomic mass is 19.3. The summed E-state index contributed by atoms with van der Waals surface area (Å²) in [6, 6.07) is 0. The molecular formula is C28H38F2O7. The molecule has 0 spiro atoms. The highest BCUT2D eigenvalue weighted by Crippen LogP contribution is 2.62. The summed E-state index contributed by atoms with van der Waals surface area (Å²) in [5.74, 6) is -3.82. The van der Waals surface area contributed by atoms with E-state index < -0.39 is 40.9 Å². The molecule has 8 rings (SSSR count). The van der Waals surface area contributed by atoms with Gasteiger partial charge in [-0.15, -0.1) is 0 Å². The summed E-state index contributed by atoms with van der Waals surface area (Å²) in [6.45, 7) is 0.0865. The molecule has 8 bridgehead atoms. The standard InChI is InChI=1S/C28H38F2O7/c1-26(29,30)23(32)37-22-19-5-18-6-20(22)12-28(10-18,11-19)25(34)36-14-21(31)13-35-24(33)27-7-15-2-16(8-27)4-17(3-15)9-27/h15-22,31H,2-14H2,1H3. The van der Waals surface area contributed by atoms with E-state index in [1.54, 1.807) is 0 Å². The molecule has 0 aromatic carbocycles. The topological polar surface area (TPSA) is 99.1 Å². The molecular weight excluding hydrogens is 486 g/mol. The van der Waals surface area contributed by atoms with Crippen molar-refractivity contribution in [2.75, 3.05) is 13.2 Å². The van der Waals surface area contributed by atoms with Gasteiger partial charge < -0.3 is 19.3 Å². The lowest BCUT2D eigenvalue weighted by Crippen LogP contribution is -2.58. The van der Waals surface area contributed by atoms with E-state index in [0.29, 0.717) is 43.9 Å². The number of aliphatic hydroxyl groups is 1. The Hall–Kier alpha value is -1.77. The van der Waals surface area contributed by atoms with Crippen LogP contribution in [0, 0.1) is 46.3 Å². The van der Waals surface area contributed by atoms with Gasteiger partial charge >= 0.3 is 23.8 Å². The van der Waals surface area contributed by atoms with Gasteiger partial charge in [0.25, 0.3) is 0 Å². The first kappa shape index (κ1) is 25.5. The molecule has 3 atom stereocenters. The van der Waals surface area contributed by atoms with E-state index >= 15 is 0 Å². The number of halogens is 2. The van der Waals surface area contributed by atoms with Crippen LogP contribution in [0.1, 0.15) is 77.6 Å². The van der Waals surface area contributed by atoms with E-state index in [0.717, 1.165) is 32.1 Å². The predicted octanol–water partition coefficient (Wildman–Crippen LogP) is 4.04.